The van der Waals surface area contributed by atoms with Crippen molar-refractivity contribution < 1.29 is 23.9 Å². The van der Waals surface area contributed by atoms with Crippen LogP contribution in [0.1, 0.15) is 31.2 Å². The first-order valence-electron chi connectivity index (χ1n) is 8.60. The summed E-state index contributed by atoms with van der Waals surface area (Å²) in [7, 11) is 2.98. The van der Waals surface area contributed by atoms with Crippen LogP contribution in [0.2, 0.25) is 0 Å². The highest BCUT2D eigenvalue weighted by Gasteiger charge is 2.15. The number of hydrogen-bond donors (Lipinski definition) is 3. The number of benzene rings is 2. The lowest BCUT2D eigenvalue weighted by atomic mass is 10.2. The Balaban J connectivity index is 1.67. The van der Waals surface area contributed by atoms with E-state index in [9.17, 15) is 14.4 Å². The lowest BCUT2D eigenvalue weighted by Gasteiger charge is -2.08. The monoisotopic (exact) mass is 426 g/mol. The lowest BCUT2D eigenvalue weighted by Crippen LogP contribution is -2.15. The first-order valence-corrected chi connectivity index (χ1v) is 9.48. The van der Waals surface area contributed by atoms with Crippen LogP contribution in [-0.4, -0.2) is 36.9 Å². The standard InChI is InChI=1S/C20H18N4O5S/c1-28-14-7-12(8-15(9-14)29-2)18(26)24-20-23-16(10-30-20)19(27)22-13-5-3-11(4-6-13)17(21)25/h3-10H,1-2H3,(H2,21,25)(H,22,27)(H,23,24,26). The summed E-state index contributed by atoms with van der Waals surface area (Å²) in [6, 6.07) is 10.9. The van der Waals surface area contributed by atoms with Crippen LogP contribution < -0.4 is 25.8 Å². The van der Waals surface area contributed by atoms with Crippen LogP contribution in [-0.2, 0) is 0 Å². The molecule has 0 aliphatic heterocycles. The number of methoxy groups -OCH3 is 2. The summed E-state index contributed by atoms with van der Waals surface area (Å²) in [4.78, 5) is 40.1. The number of nitrogens with two attached hydrogens (primary N) is 1. The van der Waals surface area contributed by atoms with Crippen molar-refractivity contribution in [2.45, 2.75) is 0 Å². The smallest absolute Gasteiger partial charge is 0.275 e. The number of primary amides is 1. The number of anilines is 2. The number of hydrogen-bond acceptors (Lipinski definition) is 7. The number of amides is 3. The summed E-state index contributed by atoms with van der Waals surface area (Å²) in [6.07, 6.45) is 0. The largest absolute Gasteiger partial charge is 0.497 e. The van der Waals surface area contributed by atoms with E-state index in [-0.39, 0.29) is 10.8 Å². The van der Waals surface area contributed by atoms with Crippen LogP contribution in [0, 0.1) is 0 Å². The van der Waals surface area contributed by atoms with Crippen molar-refractivity contribution in [3.05, 3.63) is 64.7 Å². The first kappa shape index (κ1) is 20.8. The van der Waals surface area contributed by atoms with Gasteiger partial charge in [-0.1, -0.05) is 0 Å². The average molecular weight is 426 g/mol. The zero-order chi connectivity index (χ0) is 21.7. The van der Waals surface area contributed by atoms with Gasteiger partial charge in [0.05, 0.1) is 14.2 Å². The Hall–Kier alpha value is -3.92. The molecule has 3 amide bonds. The van der Waals surface area contributed by atoms with Gasteiger partial charge in [0.15, 0.2) is 5.13 Å². The molecule has 0 radical (unpaired) electrons. The third-order valence-electron chi connectivity index (χ3n) is 4.00. The quantitative estimate of drug-likeness (QED) is 0.532. The van der Waals surface area contributed by atoms with E-state index in [1.807, 2.05) is 0 Å². The summed E-state index contributed by atoms with van der Waals surface area (Å²) >= 11 is 1.11. The van der Waals surface area contributed by atoms with Gasteiger partial charge in [-0.25, -0.2) is 4.98 Å². The second-order valence-electron chi connectivity index (χ2n) is 5.99. The van der Waals surface area contributed by atoms with Crippen molar-refractivity contribution in [1.82, 2.24) is 4.98 Å². The van der Waals surface area contributed by atoms with Crippen LogP contribution in [0.15, 0.2) is 47.8 Å². The highest BCUT2D eigenvalue weighted by Crippen LogP contribution is 2.24. The van der Waals surface area contributed by atoms with Gasteiger partial charge in [-0.3, -0.25) is 19.7 Å². The van der Waals surface area contributed by atoms with Crippen molar-refractivity contribution >= 4 is 39.9 Å². The average Bonchev–Trinajstić information content (AvgIpc) is 3.22. The first-order chi connectivity index (χ1) is 14.4. The molecule has 0 unspecified atom stereocenters. The molecule has 0 aliphatic rings. The van der Waals surface area contributed by atoms with Gasteiger partial charge in [-0.2, -0.15) is 0 Å². The summed E-state index contributed by atoms with van der Waals surface area (Å²) in [5, 5.41) is 7.09. The van der Waals surface area contributed by atoms with Gasteiger partial charge in [-0.15, -0.1) is 11.3 Å². The van der Waals surface area contributed by atoms with Crippen molar-refractivity contribution in [3.8, 4) is 11.5 Å². The van der Waals surface area contributed by atoms with Gasteiger partial charge in [0.25, 0.3) is 11.8 Å². The minimum atomic E-state index is -0.554. The molecule has 1 heterocycles. The second kappa shape index (κ2) is 9.05. The molecule has 3 aromatic rings. The predicted molar refractivity (Wildman–Crippen MR) is 113 cm³/mol. The number of nitrogens with one attached hydrogen (secondary N) is 2. The number of rotatable bonds is 7. The molecule has 0 bridgehead atoms. The molecule has 0 atom stereocenters. The van der Waals surface area contributed by atoms with E-state index < -0.39 is 17.7 Å². The maximum Gasteiger partial charge on any atom is 0.275 e. The van der Waals surface area contributed by atoms with Gasteiger partial charge >= 0.3 is 0 Å². The predicted octanol–water partition coefficient (Wildman–Crippen LogP) is 2.76. The Morgan fingerprint density at radius 1 is 0.900 bits per heavy atom. The van der Waals surface area contributed by atoms with Crippen LogP contribution in [0.4, 0.5) is 10.8 Å². The molecule has 1 aromatic heterocycles. The third kappa shape index (κ3) is 4.92. The van der Waals surface area contributed by atoms with Crippen LogP contribution in [0.25, 0.3) is 0 Å². The Kier molecular flexibility index (Phi) is 6.28. The number of nitrogens with zero attached hydrogens (tertiary/aromatic N) is 1. The third-order valence-corrected chi connectivity index (χ3v) is 4.76. The molecule has 2 aromatic carbocycles. The molecule has 10 heteroatoms. The Labute approximate surface area is 175 Å². The molecule has 154 valence electrons. The van der Waals surface area contributed by atoms with E-state index in [0.717, 1.165) is 11.3 Å². The van der Waals surface area contributed by atoms with Gasteiger partial charge in [0, 0.05) is 28.3 Å². The Morgan fingerprint density at radius 3 is 2.10 bits per heavy atom. The number of thiazole rings is 1. The van der Waals surface area contributed by atoms with Crippen molar-refractivity contribution in [3.63, 3.8) is 0 Å². The molecule has 0 spiro atoms. The highest BCUT2D eigenvalue weighted by atomic mass is 32.1. The SMILES string of the molecule is COc1cc(OC)cc(C(=O)Nc2nc(C(=O)Nc3ccc(C(N)=O)cc3)cs2)c1. The second-order valence-corrected chi connectivity index (χ2v) is 6.85. The van der Waals surface area contributed by atoms with Crippen LogP contribution in [0.5, 0.6) is 11.5 Å². The van der Waals surface area contributed by atoms with E-state index in [2.05, 4.69) is 15.6 Å². The number of carbonyl (C=O) groups excluding carboxylic acids is 3. The van der Waals surface area contributed by atoms with Crippen LogP contribution >= 0.6 is 11.3 Å². The van der Waals surface area contributed by atoms with E-state index in [0.29, 0.717) is 28.3 Å². The zero-order valence-electron chi connectivity index (χ0n) is 16.1. The van der Waals surface area contributed by atoms with Crippen molar-refractivity contribution in [1.29, 1.82) is 0 Å². The minimum absolute atomic E-state index is 0.137. The van der Waals surface area contributed by atoms with Crippen molar-refractivity contribution in [2.75, 3.05) is 24.9 Å². The maximum atomic E-state index is 12.5. The fraction of sp³-hybridized carbons (Fsp3) is 0.100. The summed E-state index contributed by atoms with van der Waals surface area (Å²) in [5.74, 6) is -0.485. The molecule has 0 saturated heterocycles. The summed E-state index contributed by atoms with van der Waals surface area (Å²) in [5.41, 5.74) is 6.46. The van der Waals surface area contributed by atoms with E-state index in [4.69, 9.17) is 15.2 Å². The van der Waals surface area contributed by atoms with Gasteiger partial charge < -0.3 is 20.5 Å². The highest BCUT2D eigenvalue weighted by molar-refractivity contribution is 7.14. The molecular weight excluding hydrogens is 408 g/mol. The minimum Gasteiger partial charge on any atom is -0.497 e. The van der Waals surface area contributed by atoms with Gasteiger partial charge in [0.1, 0.15) is 17.2 Å². The lowest BCUT2D eigenvalue weighted by molar-refractivity contribution is 0.0997. The molecule has 0 fully saturated rings. The van der Waals surface area contributed by atoms with E-state index >= 15 is 0 Å². The molecule has 30 heavy (non-hydrogen) atoms. The molecule has 4 N–H and O–H groups in total. The van der Waals surface area contributed by atoms with E-state index in [1.54, 1.807) is 30.3 Å². The summed E-state index contributed by atoms with van der Waals surface area (Å²) < 4.78 is 10.3. The van der Waals surface area contributed by atoms with Gasteiger partial charge in [-0.05, 0) is 36.4 Å². The number of aromatic nitrogens is 1. The zero-order valence-corrected chi connectivity index (χ0v) is 16.9. The Morgan fingerprint density at radius 2 is 1.53 bits per heavy atom. The molecule has 3 rings (SSSR count). The fourth-order valence-corrected chi connectivity index (χ4v) is 3.14. The topological polar surface area (TPSA) is 133 Å². The maximum absolute atomic E-state index is 12.5. The Bertz CT molecular complexity index is 1070. The fourth-order valence-electron chi connectivity index (χ4n) is 2.46. The van der Waals surface area contributed by atoms with E-state index in [1.165, 1.54) is 31.7 Å². The number of ether oxygens (including phenoxy) is 2. The normalized spacial score (nSPS) is 10.2. The molecule has 9 nitrogen and oxygen atoms in total. The summed E-state index contributed by atoms with van der Waals surface area (Å²) in [6.45, 7) is 0. The molecule has 0 aliphatic carbocycles. The van der Waals surface area contributed by atoms with Crippen LogP contribution in [0.3, 0.4) is 0 Å². The number of carbonyl (C=O) groups is 3. The molecule has 0 saturated carbocycles. The van der Waals surface area contributed by atoms with Gasteiger partial charge in [0.2, 0.25) is 5.91 Å². The molecular formula is C20H18N4O5S. The van der Waals surface area contributed by atoms with Crippen molar-refractivity contribution in [2.24, 2.45) is 5.73 Å².